The molecule has 0 radical (unpaired) electrons. The van der Waals surface area contributed by atoms with Crippen molar-refractivity contribution in [2.75, 3.05) is 13.1 Å². The molecule has 2 aliphatic rings. The van der Waals surface area contributed by atoms with E-state index in [9.17, 15) is 14.4 Å². The quantitative estimate of drug-likeness (QED) is 0.427. The molecule has 0 aromatic carbocycles. The van der Waals surface area contributed by atoms with Gasteiger partial charge in [0.2, 0.25) is 0 Å². The molecule has 1 N–H and O–H groups in total. The minimum absolute atomic E-state index is 0.0740. The molecule has 14 heavy (non-hydrogen) atoms. The SMILES string of the molecule is O=C1OC(=O)C2CN(C(=O)O)CCC12. The summed E-state index contributed by atoms with van der Waals surface area (Å²) in [7, 11) is 0. The summed E-state index contributed by atoms with van der Waals surface area (Å²) in [5, 5.41) is 8.70. The van der Waals surface area contributed by atoms with Gasteiger partial charge in [0.1, 0.15) is 0 Å². The number of carbonyl (C=O) groups excluding carboxylic acids is 2. The van der Waals surface area contributed by atoms with Crippen molar-refractivity contribution >= 4 is 18.0 Å². The van der Waals surface area contributed by atoms with Crippen LogP contribution in [0, 0.1) is 11.8 Å². The number of rotatable bonds is 0. The van der Waals surface area contributed by atoms with E-state index >= 15 is 0 Å². The molecule has 6 heteroatoms. The Hall–Kier alpha value is -1.59. The Labute approximate surface area is 79.4 Å². The number of amides is 1. The Morgan fingerprint density at radius 3 is 2.64 bits per heavy atom. The first-order valence-electron chi connectivity index (χ1n) is 4.33. The molecule has 0 aromatic rings. The highest BCUT2D eigenvalue weighted by molar-refractivity contribution is 5.97. The van der Waals surface area contributed by atoms with Gasteiger partial charge in [0, 0.05) is 13.1 Å². The molecule has 0 saturated carbocycles. The molecule has 2 atom stereocenters. The van der Waals surface area contributed by atoms with Gasteiger partial charge in [-0.15, -0.1) is 0 Å². The van der Waals surface area contributed by atoms with E-state index in [2.05, 4.69) is 4.74 Å². The summed E-state index contributed by atoms with van der Waals surface area (Å²) in [6, 6.07) is 0. The predicted octanol–water partition coefficient (Wildman–Crippen LogP) is -0.314. The summed E-state index contributed by atoms with van der Waals surface area (Å²) in [4.78, 5) is 34.0. The van der Waals surface area contributed by atoms with Crippen LogP contribution in [0.5, 0.6) is 0 Å². The number of hydrogen-bond donors (Lipinski definition) is 1. The zero-order valence-corrected chi connectivity index (χ0v) is 7.30. The number of esters is 2. The second-order valence-corrected chi connectivity index (χ2v) is 3.47. The van der Waals surface area contributed by atoms with Gasteiger partial charge in [-0.1, -0.05) is 0 Å². The lowest BCUT2D eigenvalue weighted by molar-refractivity contribution is -0.153. The number of ether oxygens (including phenoxy) is 1. The molecule has 2 rings (SSSR count). The van der Waals surface area contributed by atoms with E-state index in [0.29, 0.717) is 13.0 Å². The number of hydrogen-bond acceptors (Lipinski definition) is 4. The normalized spacial score (nSPS) is 31.3. The van der Waals surface area contributed by atoms with E-state index in [4.69, 9.17) is 5.11 Å². The molecule has 2 unspecified atom stereocenters. The molecule has 1 amide bonds. The summed E-state index contributed by atoms with van der Waals surface area (Å²) in [6.07, 6.45) is -0.683. The zero-order valence-electron chi connectivity index (χ0n) is 7.30. The Morgan fingerprint density at radius 1 is 1.36 bits per heavy atom. The smallest absolute Gasteiger partial charge is 0.407 e. The van der Waals surface area contributed by atoms with Crippen molar-refractivity contribution < 1.29 is 24.2 Å². The summed E-state index contributed by atoms with van der Waals surface area (Å²) in [5.41, 5.74) is 0. The van der Waals surface area contributed by atoms with Gasteiger partial charge in [-0.3, -0.25) is 9.59 Å². The third-order valence-electron chi connectivity index (χ3n) is 2.69. The average molecular weight is 199 g/mol. The third kappa shape index (κ3) is 1.23. The summed E-state index contributed by atoms with van der Waals surface area (Å²) >= 11 is 0. The fraction of sp³-hybridized carbons (Fsp3) is 0.625. The number of piperidine rings is 1. The highest BCUT2D eigenvalue weighted by atomic mass is 16.6. The molecular weight excluding hydrogens is 190 g/mol. The van der Waals surface area contributed by atoms with Gasteiger partial charge in [0.25, 0.3) is 0 Å². The predicted molar refractivity (Wildman–Crippen MR) is 42.3 cm³/mol. The summed E-state index contributed by atoms with van der Waals surface area (Å²) in [5.74, 6) is -2.12. The van der Waals surface area contributed by atoms with E-state index < -0.39 is 29.9 Å². The van der Waals surface area contributed by atoms with Crippen LogP contribution in [0.15, 0.2) is 0 Å². The molecular formula is C8H9NO5. The average Bonchev–Trinajstić information content (AvgIpc) is 2.42. The summed E-state index contributed by atoms with van der Waals surface area (Å²) < 4.78 is 4.44. The van der Waals surface area contributed by atoms with Crippen LogP contribution in [-0.4, -0.2) is 41.1 Å². The van der Waals surface area contributed by atoms with Crippen LogP contribution in [0.25, 0.3) is 0 Å². The fourth-order valence-electron chi connectivity index (χ4n) is 1.90. The first-order valence-corrected chi connectivity index (χ1v) is 4.33. The molecule has 2 fully saturated rings. The second kappa shape index (κ2) is 2.97. The topological polar surface area (TPSA) is 83.9 Å². The van der Waals surface area contributed by atoms with Crippen LogP contribution in [0.2, 0.25) is 0 Å². The highest BCUT2D eigenvalue weighted by Gasteiger charge is 2.48. The molecule has 2 aliphatic heterocycles. The van der Waals surface area contributed by atoms with Crippen LogP contribution in [0.1, 0.15) is 6.42 Å². The second-order valence-electron chi connectivity index (χ2n) is 3.47. The van der Waals surface area contributed by atoms with Crippen molar-refractivity contribution in [2.24, 2.45) is 11.8 Å². The number of carbonyl (C=O) groups is 3. The maximum absolute atomic E-state index is 11.1. The van der Waals surface area contributed by atoms with Crippen molar-refractivity contribution in [1.29, 1.82) is 0 Å². The lowest BCUT2D eigenvalue weighted by Crippen LogP contribution is -2.44. The molecule has 0 aromatic heterocycles. The van der Waals surface area contributed by atoms with E-state index in [0.717, 1.165) is 4.90 Å². The molecule has 76 valence electrons. The van der Waals surface area contributed by atoms with Gasteiger partial charge in [-0.2, -0.15) is 0 Å². The van der Waals surface area contributed by atoms with Crippen LogP contribution in [0.3, 0.4) is 0 Å². The van der Waals surface area contributed by atoms with Gasteiger partial charge in [0.05, 0.1) is 11.8 Å². The maximum Gasteiger partial charge on any atom is 0.407 e. The van der Waals surface area contributed by atoms with Crippen molar-refractivity contribution in [2.45, 2.75) is 6.42 Å². The monoisotopic (exact) mass is 199 g/mol. The number of fused-ring (bicyclic) bond motifs is 1. The molecule has 0 bridgehead atoms. The van der Waals surface area contributed by atoms with Crippen molar-refractivity contribution in [3.8, 4) is 0 Å². The van der Waals surface area contributed by atoms with Crippen molar-refractivity contribution in [3.05, 3.63) is 0 Å². The lowest BCUT2D eigenvalue weighted by Gasteiger charge is -2.29. The zero-order chi connectivity index (χ0) is 10.3. The molecule has 2 saturated heterocycles. The number of nitrogens with zero attached hydrogens (tertiary/aromatic N) is 1. The van der Waals surface area contributed by atoms with Gasteiger partial charge >= 0.3 is 18.0 Å². The number of likely N-dealkylation sites (tertiary alicyclic amines) is 1. The Morgan fingerprint density at radius 2 is 2.00 bits per heavy atom. The lowest BCUT2D eigenvalue weighted by atomic mass is 9.88. The van der Waals surface area contributed by atoms with Crippen LogP contribution in [0.4, 0.5) is 4.79 Å². The minimum atomic E-state index is -1.06. The van der Waals surface area contributed by atoms with E-state index in [-0.39, 0.29) is 6.54 Å². The fourth-order valence-corrected chi connectivity index (χ4v) is 1.90. The van der Waals surface area contributed by atoms with Gasteiger partial charge in [-0.05, 0) is 6.42 Å². The van der Waals surface area contributed by atoms with Crippen molar-refractivity contribution in [1.82, 2.24) is 4.90 Å². The minimum Gasteiger partial charge on any atom is -0.465 e. The Kier molecular flexibility index (Phi) is 1.90. The largest absolute Gasteiger partial charge is 0.465 e. The van der Waals surface area contributed by atoms with Crippen molar-refractivity contribution in [3.63, 3.8) is 0 Å². The van der Waals surface area contributed by atoms with E-state index in [1.165, 1.54) is 0 Å². The number of cyclic esters (lactones) is 2. The van der Waals surface area contributed by atoms with Crippen LogP contribution >= 0.6 is 0 Å². The summed E-state index contributed by atoms with van der Waals surface area (Å²) in [6.45, 7) is 0.365. The van der Waals surface area contributed by atoms with E-state index in [1.54, 1.807) is 0 Å². The Bertz CT molecular complexity index is 313. The number of carboxylic acid groups (broad SMARTS) is 1. The molecule has 2 heterocycles. The van der Waals surface area contributed by atoms with Crippen LogP contribution in [-0.2, 0) is 14.3 Å². The molecule has 0 aliphatic carbocycles. The first-order chi connectivity index (χ1) is 6.59. The first kappa shape index (κ1) is 8.98. The Balaban J connectivity index is 2.13. The van der Waals surface area contributed by atoms with Crippen LogP contribution < -0.4 is 0 Å². The standard InChI is InChI=1S/C8H9NO5/c10-6-4-1-2-9(8(12)13)3-5(4)7(11)14-6/h4-5H,1-3H2,(H,12,13). The van der Waals surface area contributed by atoms with E-state index in [1.807, 2.05) is 0 Å². The maximum atomic E-state index is 11.1. The highest BCUT2D eigenvalue weighted by Crippen LogP contribution is 2.31. The van der Waals surface area contributed by atoms with Gasteiger partial charge in [0.15, 0.2) is 0 Å². The third-order valence-corrected chi connectivity index (χ3v) is 2.69. The molecule has 0 spiro atoms. The van der Waals surface area contributed by atoms with Gasteiger partial charge in [-0.25, -0.2) is 4.79 Å². The molecule has 6 nitrogen and oxygen atoms in total. The van der Waals surface area contributed by atoms with Gasteiger partial charge < -0.3 is 14.7 Å².